The lowest BCUT2D eigenvalue weighted by molar-refractivity contribution is -0.144. The maximum absolute atomic E-state index is 12.6. The highest BCUT2D eigenvalue weighted by atomic mass is 19.4. The summed E-state index contributed by atoms with van der Waals surface area (Å²) in [7, 11) is 0. The molecule has 0 aliphatic carbocycles. The Morgan fingerprint density at radius 2 is 2.00 bits per heavy atom. The van der Waals surface area contributed by atoms with Crippen LogP contribution < -0.4 is 11.2 Å². The molecule has 9 heteroatoms. The molecule has 0 amide bonds. The number of alkyl halides is 3. The van der Waals surface area contributed by atoms with E-state index >= 15 is 0 Å². The van der Waals surface area contributed by atoms with E-state index in [1.165, 1.54) is 6.08 Å². The SMILES string of the molecule is C=CCn1c(=O)n(CC)c(=O)c2[nH]c(C(F)(F)F)nc21. The number of rotatable bonds is 3. The van der Waals surface area contributed by atoms with Crippen molar-refractivity contribution in [2.24, 2.45) is 0 Å². The van der Waals surface area contributed by atoms with Gasteiger partial charge >= 0.3 is 11.9 Å². The Bertz CT molecular complexity index is 782. The standard InChI is InChI=1S/C11H11F3N4O2/c1-3-5-18-7-6(8(19)17(4-2)10(18)20)15-9(16-7)11(12,13)14/h3H,1,4-5H2,2H3,(H,15,16). The summed E-state index contributed by atoms with van der Waals surface area (Å²) in [5.74, 6) is -1.31. The van der Waals surface area contributed by atoms with Crippen molar-refractivity contribution in [1.29, 1.82) is 0 Å². The van der Waals surface area contributed by atoms with Crippen molar-refractivity contribution in [3.8, 4) is 0 Å². The van der Waals surface area contributed by atoms with E-state index in [0.717, 1.165) is 9.13 Å². The van der Waals surface area contributed by atoms with Crippen LogP contribution in [0.3, 0.4) is 0 Å². The Morgan fingerprint density at radius 1 is 1.35 bits per heavy atom. The molecule has 0 saturated carbocycles. The zero-order valence-electron chi connectivity index (χ0n) is 10.5. The van der Waals surface area contributed by atoms with Crippen LogP contribution in [0.4, 0.5) is 13.2 Å². The highest BCUT2D eigenvalue weighted by Gasteiger charge is 2.36. The lowest BCUT2D eigenvalue weighted by Crippen LogP contribution is -2.39. The van der Waals surface area contributed by atoms with Crippen molar-refractivity contribution in [2.75, 3.05) is 0 Å². The van der Waals surface area contributed by atoms with Crippen molar-refractivity contribution in [1.82, 2.24) is 19.1 Å². The topological polar surface area (TPSA) is 72.7 Å². The number of aromatic nitrogens is 4. The molecule has 0 spiro atoms. The van der Waals surface area contributed by atoms with Crippen LogP contribution in [0, 0.1) is 0 Å². The lowest BCUT2D eigenvalue weighted by atomic mass is 10.4. The van der Waals surface area contributed by atoms with Crippen LogP contribution >= 0.6 is 0 Å². The molecule has 0 aliphatic rings. The first kappa shape index (κ1) is 14.1. The van der Waals surface area contributed by atoms with Gasteiger partial charge in [0.15, 0.2) is 5.65 Å². The van der Waals surface area contributed by atoms with Gasteiger partial charge in [0.1, 0.15) is 5.52 Å². The molecular formula is C11H11F3N4O2. The van der Waals surface area contributed by atoms with Gasteiger partial charge in [-0.05, 0) is 6.92 Å². The molecule has 2 aromatic heterocycles. The van der Waals surface area contributed by atoms with E-state index in [4.69, 9.17) is 0 Å². The maximum Gasteiger partial charge on any atom is 0.449 e. The van der Waals surface area contributed by atoms with Crippen LogP contribution in [0.5, 0.6) is 0 Å². The second-order valence-corrected chi connectivity index (χ2v) is 4.01. The second-order valence-electron chi connectivity index (χ2n) is 4.01. The predicted octanol–water partition coefficient (Wildman–Crippen LogP) is 1.11. The van der Waals surface area contributed by atoms with Crippen LogP contribution in [-0.2, 0) is 19.3 Å². The minimum absolute atomic E-state index is 0.0439. The molecule has 108 valence electrons. The second kappa shape index (κ2) is 4.66. The minimum Gasteiger partial charge on any atom is -0.328 e. The van der Waals surface area contributed by atoms with Gasteiger partial charge in [0, 0.05) is 13.1 Å². The van der Waals surface area contributed by atoms with Crippen LogP contribution in [0.25, 0.3) is 11.2 Å². The summed E-state index contributed by atoms with van der Waals surface area (Å²) < 4.78 is 39.8. The minimum atomic E-state index is -4.72. The van der Waals surface area contributed by atoms with Gasteiger partial charge in [-0.25, -0.2) is 9.78 Å². The molecule has 2 heterocycles. The fraction of sp³-hybridized carbons (Fsp3) is 0.364. The summed E-state index contributed by atoms with van der Waals surface area (Å²) in [6, 6.07) is 0. The monoisotopic (exact) mass is 288 g/mol. The molecule has 0 fully saturated rings. The van der Waals surface area contributed by atoms with Crippen LogP contribution in [-0.4, -0.2) is 19.1 Å². The largest absolute Gasteiger partial charge is 0.449 e. The number of allylic oxidation sites excluding steroid dienone is 1. The summed E-state index contributed by atoms with van der Waals surface area (Å²) in [6.45, 7) is 4.98. The summed E-state index contributed by atoms with van der Waals surface area (Å²) in [5.41, 5.74) is -2.21. The fourth-order valence-electron chi connectivity index (χ4n) is 1.87. The number of imidazole rings is 1. The summed E-state index contributed by atoms with van der Waals surface area (Å²) in [6.07, 6.45) is -3.38. The zero-order chi connectivity index (χ0) is 15.1. The highest BCUT2D eigenvalue weighted by Crippen LogP contribution is 2.27. The number of H-pyrrole nitrogens is 1. The van der Waals surface area contributed by atoms with E-state index in [2.05, 4.69) is 11.6 Å². The molecule has 0 aliphatic heterocycles. The first-order chi connectivity index (χ1) is 9.31. The normalized spacial score (nSPS) is 12.0. The van der Waals surface area contributed by atoms with Gasteiger partial charge in [0.25, 0.3) is 5.56 Å². The van der Waals surface area contributed by atoms with E-state index in [9.17, 15) is 22.8 Å². The molecule has 0 atom stereocenters. The number of fused-ring (bicyclic) bond motifs is 1. The number of hydrogen-bond acceptors (Lipinski definition) is 3. The number of nitrogens with one attached hydrogen (secondary N) is 1. The van der Waals surface area contributed by atoms with Crippen molar-refractivity contribution in [2.45, 2.75) is 26.2 Å². The first-order valence-electron chi connectivity index (χ1n) is 5.72. The Kier molecular flexibility index (Phi) is 3.28. The highest BCUT2D eigenvalue weighted by molar-refractivity contribution is 5.70. The molecule has 0 saturated heterocycles. The first-order valence-corrected chi connectivity index (χ1v) is 5.72. The van der Waals surface area contributed by atoms with E-state index in [1.807, 2.05) is 4.98 Å². The number of hydrogen-bond donors (Lipinski definition) is 1. The van der Waals surface area contributed by atoms with Gasteiger partial charge in [0.2, 0.25) is 5.82 Å². The molecule has 0 unspecified atom stereocenters. The fourth-order valence-corrected chi connectivity index (χ4v) is 1.87. The van der Waals surface area contributed by atoms with Gasteiger partial charge in [-0.15, -0.1) is 6.58 Å². The van der Waals surface area contributed by atoms with Crippen LogP contribution in [0.1, 0.15) is 12.7 Å². The lowest BCUT2D eigenvalue weighted by Gasteiger charge is -2.07. The van der Waals surface area contributed by atoms with E-state index in [1.54, 1.807) is 6.92 Å². The molecule has 2 rings (SSSR count). The van der Waals surface area contributed by atoms with Crippen molar-refractivity contribution in [3.05, 3.63) is 39.3 Å². The van der Waals surface area contributed by atoms with Gasteiger partial charge in [-0.1, -0.05) is 6.08 Å². The van der Waals surface area contributed by atoms with Gasteiger partial charge in [-0.2, -0.15) is 13.2 Å². The van der Waals surface area contributed by atoms with Crippen LogP contribution in [0.2, 0.25) is 0 Å². The van der Waals surface area contributed by atoms with Crippen LogP contribution in [0.15, 0.2) is 22.2 Å². The Labute approximate surface area is 110 Å². The third kappa shape index (κ3) is 2.04. The Hall–Kier alpha value is -2.32. The molecule has 0 bridgehead atoms. The van der Waals surface area contributed by atoms with E-state index in [-0.39, 0.29) is 24.3 Å². The smallest absolute Gasteiger partial charge is 0.328 e. The average molecular weight is 288 g/mol. The third-order valence-electron chi connectivity index (χ3n) is 2.76. The maximum atomic E-state index is 12.6. The number of aromatic amines is 1. The number of halogens is 3. The van der Waals surface area contributed by atoms with Gasteiger partial charge in [-0.3, -0.25) is 13.9 Å². The molecule has 0 radical (unpaired) electrons. The zero-order valence-corrected chi connectivity index (χ0v) is 10.5. The van der Waals surface area contributed by atoms with Crippen molar-refractivity contribution < 1.29 is 13.2 Å². The summed E-state index contributed by atoms with van der Waals surface area (Å²) in [5, 5.41) is 0. The Balaban J connectivity index is 2.94. The van der Waals surface area contributed by atoms with Gasteiger partial charge in [0.05, 0.1) is 0 Å². The Morgan fingerprint density at radius 3 is 2.50 bits per heavy atom. The quantitative estimate of drug-likeness (QED) is 0.860. The predicted molar refractivity (Wildman–Crippen MR) is 65.5 cm³/mol. The van der Waals surface area contributed by atoms with Crippen molar-refractivity contribution >= 4 is 11.2 Å². The molecular weight excluding hydrogens is 277 g/mol. The molecule has 6 nitrogen and oxygen atoms in total. The summed E-state index contributed by atoms with van der Waals surface area (Å²) >= 11 is 0. The molecule has 20 heavy (non-hydrogen) atoms. The van der Waals surface area contributed by atoms with Crippen molar-refractivity contribution in [3.63, 3.8) is 0 Å². The average Bonchev–Trinajstić information content (AvgIpc) is 2.80. The molecule has 1 N–H and O–H groups in total. The van der Waals surface area contributed by atoms with Gasteiger partial charge < -0.3 is 4.98 Å². The molecule has 2 aromatic rings. The van der Waals surface area contributed by atoms with E-state index < -0.39 is 23.2 Å². The third-order valence-corrected chi connectivity index (χ3v) is 2.76. The van der Waals surface area contributed by atoms with E-state index in [0.29, 0.717) is 0 Å². The molecule has 0 aromatic carbocycles. The number of nitrogens with zero attached hydrogens (tertiary/aromatic N) is 3. The summed E-state index contributed by atoms with van der Waals surface area (Å²) in [4.78, 5) is 29.3.